The van der Waals surface area contributed by atoms with Crippen molar-refractivity contribution in [1.82, 2.24) is 9.38 Å². The van der Waals surface area contributed by atoms with E-state index in [1.54, 1.807) is 0 Å². The summed E-state index contributed by atoms with van der Waals surface area (Å²) in [6.07, 6.45) is 1.90. The van der Waals surface area contributed by atoms with Gasteiger partial charge in [-0.05, 0) is 91.0 Å². The minimum atomic E-state index is 1.02. The smallest absolute Gasteiger partial charge is 0.145 e. The highest BCUT2D eigenvalue weighted by molar-refractivity contribution is 6.27. The number of rotatable bonds is 2. The molecule has 0 radical (unpaired) electrons. The van der Waals surface area contributed by atoms with Crippen LogP contribution in [-0.4, -0.2) is 9.38 Å². The van der Waals surface area contributed by atoms with Gasteiger partial charge in [-0.3, -0.25) is 4.40 Å². The van der Waals surface area contributed by atoms with Crippen LogP contribution in [0.15, 0.2) is 146 Å². The van der Waals surface area contributed by atoms with Crippen molar-refractivity contribution in [3.63, 3.8) is 0 Å². The van der Waals surface area contributed by atoms with Crippen molar-refractivity contribution < 1.29 is 0 Å². The van der Waals surface area contributed by atoms with E-state index >= 15 is 0 Å². The summed E-state index contributed by atoms with van der Waals surface area (Å²) in [5.74, 6) is 0. The second-order valence-corrected chi connectivity index (χ2v) is 11.6. The maximum Gasteiger partial charge on any atom is 0.145 e. The van der Waals surface area contributed by atoms with E-state index in [1.807, 2.05) is 6.20 Å². The first-order valence-electron chi connectivity index (χ1n) is 14.8. The lowest BCUT2D eigenvalue weighted by Gasteiger charge is -2.18. The van der Waals surface area contributed by atoms with Crippen LogP contribution in [0.4, 0.5) is 0 Å². The fourth-order valence-corrected chi connectivity index (χ4v) is 7.55. The second kappa shape index (κ2) is 8.40. The van der Waals surface area contributed by atoms with Crippen LogP contribution in [0.5, 0.6) is 0 Å². The van der Waals surface area contributed by atoms with Crippen LogP contribution in [0, 0.1) is 0 Å². The highest BCUT2D eigenvalue weighted by Gasteiger charge is 2.22. The number of para-hydroxylation sites is 1. The molecule has 0 spiro atoms. The third kappa shape index (κ3) is 3.05. The van der Waals surface area contributed by atoms with Gasteiger partial charge in [0.05, 0.1) is 11.0 Å². The molecule has 7 aromatic carbocycles. The van der Waals surface area contributed by atoms with Gasteiger partial charge < -0.3 is 0 Å². The van der Waals surface area contributed by atoms with Crippen molar-refractivity contribution in [2.24, 2.45) is 0 Å². The van der Waals surface area contributed by atoms with Crippen LogP contribution in [0.25, 0.3) is 92.8 Å². The maximum atomic E-state index is 4.85. The summed E-state index contributed by atoms with van der Waals surface area (Å²) in [6, 6.07) is 51.1. The Labute approximate surface area is 247 Å². The van der Waals surface area contributed by atoms with Crippen LogP contribution < -0.4 is 0 Å². The van der Waals surface area contributed by atoms with E-state index in [0.717, 1.165) is 5.65 Å². The Morgan fingerprint density at radius 2 is 0.953 bits per heavy atom. The Hall–Kier alpha value is -5.73. The SMILES string of the molecule is c1ccc2cc(-c3c4ccccc4c(-c4cc5c6ccccc6n6c7ncccc7c(c4)c56)c4ccccc34)ccc2c1. The van der Waals surface area contributed by atoms with Crippen molar-refractivity contribution in [1.29, 1.82) is 0 Å². The van der Waals surface area contributed by atoms with E-state index in [2.05, 4.69) is 144 Å². The number of pyridine rings is 1. The maximum absolute atomic E-state index is 4.85. The third-order valence-corrected chi connectivity index (χ3v) is 9.32. The van der Waals surface area contributed by atoms with E-state index in [-0.39, 0.29) is 0 Å². The van der Waals surface area contributed by atoms with Crippen LogP contribution in [0.2, 0.25) is 0 Å². The Bertz CT molecular complexity index is 2590. The number of hydrogen-bond acceptors (Lipinski definition) is 1. The highest BCUT2D eigenvalue weighted by Crippen LogP contribution is 2.47. The summed E-state index contributed by atoms with van der Waals surface area (Å²) in [5, 5.41) is 12.6. The van der Waals surface area contributed by atoms with Gasteiger partial charge in [0.15, 0.2) is 0 Å². The molecule has 10 aromatic rings. The van der Waals surface area contributed by atoms with Crippen LogP contribution in [0.1, 0.15) is 0 Å². The summed E-state index contributed by atoms with van der Waals surface area (Å²) in [5.41, 5.74) is 8.52. The molecule has 10 rings (SSSR count). The number of benzene rings is 7. The van der Waals surface area contributed by atoms with E-state index in [0.29, 0.717) is 0 Å². The first kappa shape index (κ1) is 22.9. The molecule has 0 amide bonds. The van der Waals surface area contributed by atoms with E-state index in [4.69, 9.17) is 4.98 Å². The Kier molecular flexibility index (Phi) is 4.48. The summed E-state index contributed by atoms with van der Waals surface area (Å²) < 4.78 is 2.35. The van der Waals surface area contributed by atoms with Crippen molar-refractivity contribution in [2.45, 2.75) is 0 Å². The molecule has 198 valence electrons. The molecule has 0 aliphatic heterocycles. The van der Waals surface area contributed by atoms with Gasteiger partial charge in [-0.2, -0.15) is 0 Å². The standard InChI is InChI=1S/C41H24N2/c1-2-11-26-22-27(20-19-25(26)10-1)38-30-13-3-5-15-32(30)39(33-16-6-4-14-31(33)38)28-23-35-29-12-7-8-18-37(29)43-40(35)36(24-28)34-17-9-21-42-41(34)43/h1-24H. The van der Waals surface area contributed by atoms with E-state index in [9.17, 15) is 0 Å². The molecule has 2 heteroatoms. The van der Waals surface area contributed by atoms with Gasteiger partial charge in [0.25, 0.3) is 0 Å². The molecule has 0 N–H and O–H groups in total. The monoisotopic (exact) mass is 544 g/mol. The summed E-state index contributed by atoms with van der Waals surface area (Å²) >= 11 is 0. The average molecular weight is 545 g/mol. The van der Waals surface area contributed by atoms with Gasteiger partial charge in [-0.1, -0.05) is 103 Å². The fraction of sp³-hybridized carbons (Fsp3) is 0. The molecule has 0 aliphatic rings. The lowest BCUT2D eigenvalue weighted by Crippen LogP contribution is -1.91. The molecule has 0 atom stereocenters. The molecule has 0 bridgehead atoms. The second-order valence-electron chi connectivity index (χ2n) is 11.6. The number of fused-ring (bicyclic) bond motifs is 9. The Balaban J connectivity index is 1.37. The molecule has 0 unspecified atom stereocenters. The predicted molar refractivity (Wildman–Crippen MR) is 182 cm³/mol. The lowest BCUT2D eigenvalue weighted by atomic mass is 9.85. The van der Waals surface area contributed by atoms with Crippen molar-refractivity contribution in [2.75, 3.05) is 0 Å². The summed E-state index contributed by atoms with van der Waals surface area (Å²) in [7, 11) is 0. The summed E-state index contributed by atoms with van der Waals surface area (Å²) in [6.45, 7) is 0. The molecule has 0 fully saturated rings. The van der Waals surface area contributed by atoms with E-state index in [1.165, 1.54) is 87.1 Å². The molecular formula is C41H24N2. The number of aromatic nitrogens is 2. The van der Waals surface area contributed by atoms with Crippen molar-refractivity contribution in [3.8, 4) is 22.3 Å². The first-order chi connectivity index (χ1) is 21.3. The molecule has 43 heavy (non-hydrogen) atoms. The molecule has 0 saturated heterocycles. The molecule has 3 heterocycles. The van der Waals surface area contributed by atoms with Crippen LogP contribution in [-0.2, 0) is 0 Å². The minimum absolute atomic E-state index is 1.02. The molecule has 0 aliphatic carbocycles. The zero-order chi connectivity index (χ0) is 28.1. The molecular weight excluding hydrogens is 520 g/mol. The molecule has 2 nitrogen and oxygen atoms in total. The minimum Gasteiger partial charge on any atom is -0.293 e. The van der Waals surface area contributed by atoms with E-state index < -0.39 is 0 Å². The van der Waals surface area contributed by atoms with Crippen LogP contribution >= 0.6 is 0 Å². The number of nitrogens with zero attached hydrogens (tertiary/aromatic N) is 2. The third-order valence-electron chi connectivity index (χ3n) is 9.32. The molecule has 3 aromatic heterocycles. The highest BCUT2D eigenvalue weighted by atomic mass is 15.0. The van der Waals surface area contributed by atoms with Gasteiger partial charge >= 0.3 is 0 Å². The lowest BCUT2D eigenvalue weighted by molar-refractivity contribution is 1.27. The van der Waals surface area contributed by atoms with Gasteiger partial charge in [-0.25, -0.2) is 4.98 Å². The van der Waals surface area contributed by atoms with Gasteiger partial charge in [0, 0.05) is 27.7 Å². The predicted octanol–water partition coefficient (Wildman–Crippen LogP) is 11.0. The van der Waals surface area contributed by atoms with Gasteiger partial charge in [-0.15, -0.1) is 0 Å². The topological polar surface area (TPSA) is 17.3 Å². The summed E-state index contributed by atoms with van der Waals surface area (Å²) in [4.78, 5) is 4.85. The zero-order valence-electron chi connectivity index (χ0n) is 23.3. The fourth-order valence-electron chi connectivity index (χ4n) is 7.55. The van der Waals surface area contributed by atoms with Gasteiger partial charge in [0.2, 0.25) is 0 Å². The number of hydrogen-bond donors (Lipinski definition) is 0. The van der Waals surface area contributed by atoms with Crippen molar-refractivity contribution in [3.05, 3.63) is 146 Å². The van der Waals surface area contributed by atoms with Crippen LogP contribution in [0.3, 0.4) is 0 Å². The van der Waals surface area contributed by atoms with Gasteiger partial charge in [0.1, 0.15) is 5.65 Å². The quantitative estimate of drug-likeness (QED) is 0.198. The molecule has 0 saturated carbocycles. The average Bonchev–Trinajstić information content (AvgIpc) is 3.58. The Morgan fingerprint density at radius 1 is 0.395 bits per heavy atom. The Morgan fingerprint density at radius 3 is 1.67 bits per heavy atom. The zero-order valence-corrected chi connectivity index (χ0v) is 23.3. The van der Waals surface area contributed by atoms with Crippen molar-refractivity contribution >= 4 is 70.5 Å². The normalized spacial score (nSPS) is 12.2. The largest absolute Gasteiger partial charge is 0.293 e. The first-order valence-corrected chi connectivity index (χ1v) is 14.8.